The molecule has 0 aliphatic heterocycles. The number of rotatable bonds is 43. The average Bonchev–Trinajstić information content (AvgIpc) is 3.18. The molecule has 0 fully saturated rings. The predicted octanol–water partition coefficient (Wildman–Crippen LogP) is 13.7. The minimum Gasteiger partial charge on any atom is -0.466 e. The number of esters is 1. The standard InChI is InChI=1S/C49H91NO5/c1-3-5-7-9-11-13-14-15-16-17-18-19-20-23-27-31-35-39-43-49(54)55-44-40-36-32-28-24-21-22-26-30-34-38-42-48(53)50-46(45-51)47(52)41-37-33-29-25-12-10-8-6-4-2/h13-14,16-17,24,28,46-47,51-52H,3-12,15,18-23,25-27,29-45H2,1-2H3,(H,50,53)/b14-13-,17-16-,28-24-. The topological polar surface area (TPSA) is 95.9 Å². The van der Waals surface area contributed by atoms with Crippen LogP contribution in [0.4, 0.5) is 0 Å². The number of aliphatic hydroxyl groups is 2. The summed E-state index contributed by atoms with van der Waals surface area (Å²) in [5.74, 6) is -0.108. The Morgan fingerprint density at radius 1 is 0.509 bits per heavy atom. The van der Waals surface area contributed by atoms with Gasteiger partial charge in [0.1, 0.15) is 0 Å². The summed E-state index contributed by atoms with van der Waals surface area (Å²) in [5, 5.41) is 23.0. The molecule has 0 rings (SSSR count). The number of carbonyl (C=O) groups excluding carboxylic acids is 2. The highest BCUT2D eigenvalue weighted by atomic mass is 16.5. The van der Waals surface area contributed by atoms with Gasteiger partial charge in [0.25, 0.3) is 0 Å². The molecule has 0 spiro atoms. The number of hydrogen-bond acceptors (Lipinski definition) is 5. The van der Waals surface area contributed by atoms with Crippen LogP contribution in [0.5, 0.6) is 0 Å². The van der Waals surface area contributed by atoms with Gasteiger partial charge in [0.15, 0.2) is 0 Å². The molecule has 0 aliphatic rings. The number of hydrogen-bond donors (Lipinski definition) is 3. The molecule has 322 valence electrons. The van der Waals surface area contributed by atoms with E-state index >= 15 is 0 Å². The zero-order valence-corrected chi connectivity index (χ0v) is 36.4. The quantitative estimate of drug-likeness (QED) is 0.0326. The van der Waals surface area contributed by atoms with Gasteiger partial charge >= 0.3 is 5.97 Å². The molecule has 3 N–H and O–H groups in total. The zero-order chi connectivity index (χ0) is 40.1. The molecule has 0 saturated heterocycles. The van der Waals surface area contributed by atoms with Crippen molar-refractivity contribution in [3.63, 3.8) is 0 Å². The molecule has 0 radical (unpaired) electrons. The Kier molecular flexibility index (Phi) is 43.2. The second-order valence-corrected chi connectivity index (χ2v) is 16.1. The van der Waals surface area contributed by atoms with Crippen LogP contribution < -0.4 is 5.32 Å². The third-order valence-corrected chi connectivity index (χ3v) is 10.7. The Morgan fingerprint density at radius 2 is 0.909 bits per heavy atom. The maximum atomic E-state index is 12.4. The third kappa shape index (κ3) is 41.5. The molecule has 55 heavy (non-hydrogen) atoms. The molecule has 1 amide bonds. The normalized spacial score (nSPS) is 13.0. The SMILES string of the molecule is CCCCCC/C=C\C/C=C\CCCCCCCCCC(=O)OCCCC/C=C\CCCCCCCC(=O)NC(CO)C(O)CCCCCCCCCCC. The monoisotopic (exact) mass is 774 g/mol. The van der Waals surface area contributed by atoms with Crippen molar-refractivity contribution in [3.05, 3.63) is 36.5 Å². The fourth-order valence-corrected chi connectivity index (χ4v) is 6.96. The minimum atomic E-state index is -0.681. The summed E-state index contributed by atoms with van der Waals surface area (Å²) in [4.78, 5) is 24.4. The van der Waals surface area contributed by atoms with Crippen molar-refractivity contribution in [2.45, 2.75) is 251 Å². The summed E-state index contributed by atoms with van der Waals surface area (Å²) >= 11 is 0. The van der Waals surface area contributed by atoms with Gasteiger partial charge < -0.3 is 20.3 Å². The summed E-state index contributed by atoms with van der Waals surface area (Å²) in [6.07, 6.45) is 52.5. The van der Waals surface area contributed by atoms with Gasteiger partial charge in [-0.15, -0.1) is 0 Å². The number of nitrogens with one attached hydrogen (secondary N) is 1. The van der Waals surface area contributed by atoms with Gasteiger partial charge in [-0.25, -0.2) is 0 Å². The smallest absolute Gasteiger partial charge is 0.305 e. The summed E-state index contributed by atoms with van der Waals surface area (Å²) in [7, 11) is 0. The van der Waals surface area contributed by atoms with E-state index in [1.54, 1.807) is 0 Å². The van der Waals surface area contributed by atoms with Gasteiger partial charge in [-0.05, 0) is 83.5 Å². The first-order valence-corrected chi connectivity index (χ1v) is 23.7. The molecule has 0 aliphatic carbocycles. The van der Waals surface area contributed by atoms with E-state index in [0.717, 1.165) is 89.9 Å². The predicted molar refractivity (Wildman–Crippen MR) is 236 cm³/mol. The van der Waals surface area contributed by atoms with E-state index < -0.39 is 12.1 Å². The first kappa shape index (κ1) is 53.1. The Bertz CT molecular complexity index is 900. The van der Waals surface area contributed by atoms with E-state index in [0.29, 0.717) is 25.9 Å². The van der Waals surface area contributed by atoms with Crippen molar-refractivity contribution in [1.29, 1.82) is 0 Å². The van der Waals surface area contributed by atoms with E-state index in [4.69, 9.17) is 4.74 Å². The molecule has 2 atom stereocenters. The minimum absolute atomic E-state index is 0.0398. The number of unbranched alkanes of at least 4 members (excludes halogenated alkanes) is 26. The van der Waals surface area contributed by atoms with Crippen LogP contribution in [0.3, 0.4) is 0 Å². The van der Waals surface area contributed by atoms with E-state index in [1.165, 1.54) is 116 Å². The van der Waals surface area contributed by atoms with Crippen molar-refractivity contribution >= 4 is 11.9 Å². The van der Waals surface area contributed by atoms with Gasteiger partial charge in [0.2, 0.25) is 5.91 Å². The second kappa shape index (κ2) is 44.8. The molecule has 0 aromatic rings. The fourth-order valence-electron chi connectivity index (χ4n) is 6.96. The lowest BCUT2D eigenvalue weighted by Gasteiger charge is -2.22. The van der Waals surface area contributed by atoms with Crippen LogP contribution in [0.2, 0.25) is 0 Å². The highest BCUT2D eigenvalue weighted by molar-refractivity contribution is 5.76. The van der Waals surface area contributed by atoms with Crippen LogP contribution in [0.15, 0.2) is 36.5 Å². The van der Waals surface area contributed by atoms with Crippen LogP contribution >= 0.6 is 0 Å². The summed E-state index contributed by atoms with van der Waals surface area (Å²) in [5.41, 5.74) is 0. The number of allylic oxidation sites excluding steroid dienone is 6. The van der Waals surface area contributed by atoms with Crippen LogP contribution in [-0.2, 0) is 14.3 Å². The van der Waals surface area contributed by atoms with Crippen LogP contribution in [-0.4, -0.2) is 47.4 Å². The molecule has 0 aromatic carbocycles. The summed E-state index contributed by atoms with van der Waals surface area (Å²) in [6.45, 7) is 4.82. The van der Waals surface area contributed by atoms with E-state index in [9.17, 15) is 19.8 Å². The molecule has 2 unspecified atom stereocenters. The largest absolute Gasteiger partial charge is 0.466 e. The highest BCUT2D eigenvalue weighted by Gasteiger charge is 2.20. The van der Waals surface area contributed by atoms with Crippen molar-refractivity contribution in [1.82, 2.24) is 5.32 Å². The van der Waals surface area contributed by atoms with Gasteiger partial charge in [-0.3, -0.25) is 9.59 Å². The van der Waals surface area contributed by atoms with Crippen molar-refractivity contribution in [3.8, 4) is 0 Å². The molecular formula is C49H91NO5. The molecule has 0 saturated carbocycles. The first-order valence-electron chi connectivity index (χ1n) is 23.7. The molecule has 6 nitrogen and oxygen atoms in total. The lowest BCUT2D eigenvalue weighted by molar-refractivity contribution is -0.143. The highest BCUT2D eigenvalue weighted by Crippen LogP contribution is 2.14. The van der Waals surface area contributed by atoms with Gasteiger partial charge in [0.05, 0.1) is 25.4 Å². The Morgan fingerprint density at radius 3 is 1.42 bits per heavy atom. The van der Waals surface area contributed by atoms with E-state index in [1.807, 2.05) is 0 Å². The van der Waals surface area contributed by atoms with Crippen LogP contribution in [0, 0.1) is 0 Å². The molecule has 6 heteroatoms. The lowest BCUT2D eigenvalue weighted by atomic mass is 10.0. The van der Waals surface area contributed by atoms with Crippen LogP contribution in [0.1, 0.15) is 239 Å². The number of aliphatic hydroxyl groups excluding tert-OH is 2. The Balaban J connectivity index is 3.51. The molecule has 0 aromatic heterocycles. The lowest BCUT2D eigenvalue weighted by Crippen LogP contribution is -2.45. The van der Waals surface area contributed by atoms with Crippen LogP contribution in [0.25, 0.3) is 0 Å². The Hall–Kier alpha value is -1.92. The number of amides is 1. The summed E-state index contributed by atoms with van der Waals surface area (Å²) < 4.78 is 5.43. The molecule has 0 heterocycles. The van der Waals surface area contributed by atoms with Crippen molar-refractivity contribution in [2.24, 2.45) is 0 Å². The summed E-state index contributed by atoms with van der Waals surface area (Å²) in [6, 6.07) is -0.561. The fraction of sp³-hybridized carbons (Fsp3) is 0.837. The maximum Gasteiger partial charge on any atom is 0.305 e. The van der Waals surface area contributed by atoms with Gasteiger partial charge in [0, 0.05) is 12.8 Å². The maximum absolute atomic E-state index is 12.4. The third-order valence-electron chi connectivity index (χ3n) is 10.7. The molecular weight excluding hydrogens is 683 g/mol. The number of carbonyl (C=O) groups is 2. The van der Waals surface area contributed by atoms with E-state index in [-0.39, 0.29) is 18.5 Å². The van der Waals surface area contributed by atoms with Crippen molar-refractivity contribution < 1.29 is 24.5 Å². The van der Waals surface area contributed by atoms with E-state index in [2.05, 4.69) is 55.6 Å². The van der Waals surface area contributed by atoms with Gasteiger partial charge in [-0.2, -0.15) is 0 Å². The second-order valence-electron chi connectivity index (χ2n) is 16.1. The molecule has 0 bridgehead atoms. The Labute approximate surface area is 341 Å². The zero-order valence-electron chi connectivity index (χ0n) is 36.4. The number of ether oxygens (including phenoxy) is 1. The van der Waals surface area contributed by atoms with Crippen molar-refractivity contribution in [2.75, 3.05) is 13.2 Å². The van der Waals surface area contributed by atoms with Gasteiger partial charge in [-0.1, -0.05) is 179 Å². The first-order chi connectivity index (χ1) is 27.0. The average molecular weight is 774 g/mol.